The Morgan fingerprint density at radius 3 is 1.83 bits per heavy atom. The maximum Gasteiger partial charge on any atom is 0.408 e. The zero-order valence-electron chi connectivity index (χ0n) is 17.8. The quantitative estimate of drug-likeness (QED) is 0.653. The molecule has 7 heteroatoms. The minimum atomic E-state index is -0.841. The van der Waals surface area contributed by atoms with Crippen molar-refractivity contribution in [2.45, 2.75) is 45.4 Å². The molecule has 0 spiro atoms. The summed E-state index contributed by atoms with van der Waals surface area (Å²) in [6.07, 6.45) is -0.692. The number of hydrogen-bond donors (Lipinski definition) is 3. The molecule has 0 aliphatic heterocycles. The van der Waals surface area contributed by atoms with E-state index in [0.29, 0.717) is 0 Å². The van der Waals surface area contributed by atoms with Crippen LogP contribution in [0, 0.1) is 0 Å². The monoisotopic (exact) mass is 411 g/mol. The molecule has 3 amide bonds. The molecule has 2 rings (SSSR count). The van der Waals surface area contributed by atoms with E-state index >= 15 is 0 Å². The third-order valence-electron chi connectivity index (χ3n) is 4.12. The zero-order valence-corrected chi connectivity index (χ0v) is 17.8. The highest BCUT2D eigenvalue weighted by Gasteiger charge is 2.22. The summed E-state index contributed by atoms with van der Waals surface area (Å²) >= 11 is 0. The topological polar surface area (TPSA) is 96.5 Å². The Bertz CT molecular complexity index is 808. The molecule has 2 aromatic rings. The van der Waals surface area contributed by atoms with E-state index in [2.05, 4.69) is 16.0 Å². The van der Waals surface area contributed by atoms with Crippen molar-refractivity contribution in [1.29, 1.82) is 0 Å². The zero-order chi connectivity index (χ0) is 22.1. The van der Waals surface area contributed by atoms with Crippen LogP contribution < -0.4 is 16.0 Å². The molecule has 1 unspecified atom stereocenters. The van der Waals surface area contributed by atoms with Crippen LogP contribution in [0.15, 0.2) is 60.7 Å². The van der Waals surface area contributed by atoms with Gasteiger partial charge in [0.2, 0.25) is 11.8 Å². The number of carbonyl (C=O) groups excluding carboxylic acids is 3. The molecule has 7 nitrogen and oxygen atoms in total. The molecule has 3 N–H and O–H groups in total. The van der Waals surface area contributed by atoms with Crippen molar-refractivity contribution in [3.05, 3.63) is 71.8 Å². The van der Waals surface area contributed by atoms with Crippen molar-refractivity contribution in [1.82, 2.24) is 16.0 Å². The predicted molar refractivity (Wildman–Crippen MR) is 115 cm³/mol. The molecule has 1 atom stereocenters. The van der Waals surface area contributed by atoms with Crippen LogP contribution in [0.2, 0.25) is 0 Å². The smallest absolute Gasteiger partial charge is 0.408 e. The maximum atomic E-state index is 12.5. The SMILES string of the molecule is CC(NC(=O)OC(C)(C)C)C(=O)NCC(=O)NC(c1ccccc1)c1ccccc1. The molecule has 0 radical (unpaired) electrons. The molecular weight excluding hydrogens is 382 g/mol. The van der Waals surface area contributed by atoms with Crippen LogP contribution in [0.1, 0.15) is 44.9 Å². The Kier molecular flexibility index (Phi) is 7.98. The van der Waals surface area contributed by atoms with Crippen LogP contribution in [0.25, 0.3) is 0 Å². The lowest BCUT2D eigenvalue weighted by Gasteiger charge is -2.22. The van der Waals surface area contributed by atoms with Gasteiger partial charge in [-0.15, -0.1) is 0 Å². The van der Waals surface area contributed by atoms with E-state index < -0.39 is 23.6 Å². The van der Waals surface area contributed by atoms with Crippen LogP contribution in [0.5, 0.6) is 0 Å². The van der Waals surface area contributed by atoms with Gasteiger partial charge in [0.15, 0.2) is 0 Å². The number of nitrogens with one attached hydrogen (secondary N) is 3. The Labute approximate surface area is 177 Å². The predicted octanol–water partition coefficient (Wildman–Crippen LogP) is 2.92. The highest BCUT2D eigenvalue weighted by molar-refractivity contribution is 5.89. The summed E-state index contributed by atoms with van der Waals surface area (Å²) in [5.41, 5.74) is 1.20. The number of alkyl carbamates (subject to hydrolysis) is 1. The van der Waals surface area contributed by atoms with E-state index in [1.807, 2.05) is 60.7 Å². The first kappa shape index (κ1) is 22.9. The van der Waals surface area contributed by atoms with Crippen molar-refractivity contribution >= 4 is 17.9 Å². The molecule has 0 aliphatic carbocycles. The Hall–Kier alpha value is -3.35. The summed E-state index contributed by atoms with van der Waals surface area (Å²) in [4.78, 5) is 36.5. The maximum absolute atomic E-state index is 12.5. The fourth-order valence-electron chi connectivity index (χ4n) is 2.73. The van der Waals surface area contributed by atoms with E-state index in [1.54, 1.807) is 20.8 Å². The minimum absolute atomic E-state index is 0.213. The van der Waals surface area contributed by atoms with Gasteiger partial charge < -0.3 is 20.7 Å². The number of amides is 3. The summed E-state index contributed by atoms with van der Waals surface area (Å²) < 4.78 is 5.13. The molecular formula is C23H29N3O4. The number of carbonyl (C=O) groups is 3. The summed E-state index contributed by atoms with van der Waals surface area (Å²) in [5, 5.41) is 7.93. The standard InChI is InChI=1S/C23H29N3O4/c1-16(25-22(29)30-23(2,3)4)21(28)24-15-19(27)26-20(17-11-7-5-8-12-17)18-13-9-6-10-14-18/h5-14,16,20H,15H2,1-4H3,(H,24,28)(H,25,29)(H,26,27). The van der Waals surface area contributed by atoms with Crippen LogP contribution in [0.3, 0.4) is 0 Å². The lowest BCUT2D eigenvalue weighted by molar-refractivity contribution is -0.127. The third kappa shape index (κ3) is 7.58. The molecule has 0 bridgehead atoms. The second kappa shape index (κ2) is 10.4. The Morgan fingerprint density at radius 1 is 0.867 bits per heavy atom. The van der Waals surface area contributed by atoms with Gasteiger partial charge in [-0.25, -0.2) is 4.79 Å². The normalized spacial score (nSPS) is 12.0. The van der Waals surface area contributed by atoms with Crippen LogP contribution in [0.4, 0.5) is 4.79 Å². The Morgan fingerprint density at radius 2 is 1.37 bits per heavy atom. The average Bonchev–Trinajstić information content (AvgIpc) is 2.70. The molecule has 0 saturated heterocycles. The van der Waals surface area contributed by atoms with Gasteiger partial charge in [0, 0.05) is 0 Å². The van der Waals surface area contributed by atoms with Gasteiger partial charge in [-0.3, -0.25) is 9.59 Å². The number of hydrogen-bond acceptors (Lipinski definition) is 4. The van der Waals surface area contributed by atoms with Crippen molar-refractivity contribution < 1.29 is 19.1 Å². The molecule has 0 heterocycles. The highest BCUT2D eigenvalue weighted by atomic mass is 16.6. The van der Waals surface area contributed by atoms with Gasteiger partial charge in [0.05, 0.1) is 12.6 Å². The van der Waals surface area contributed by atoms with Crippen molar-refractivity contribution in [3.8, 4) is 0 Å². The third-order valence-corrected chi connectivity index (χ3v) is 4.12. The lowest BCUT2D eigenvalue weighted by Crippen LogP contribution is -2.48. The largest absolute Gasteiger partial charge is 0.444 e. The van der Waals surface area contributed by atoms with Gasteiger partial charge in [-0.1, -0.05) is 60.7 Å². The van der Waals surface area contributed by atoms with Crippen LogP contribution >= 0.6 is 0 Å². The van der Waals surface area contributed by atoms with Gasteiger partial charge in [0.1, 0.15) is 11.6 Å². The van der Waals surface area contributed by atoms with E-state index in [4.69, 9.17) is 4.74 Å². The molecule has 0 aliphatic rings. The average molecular weight is 412 g/mol. The number of benzene rings is 2. The van der Waals surface area contributed by atoms with Gasteiger partial charge in [-0.05, 0) is 38.8 Å². The van der Waals surface area contributed by atoms with Crippen molar-refractivity contribution in [2.75, 3.05) is 6.54 Å². The Balaban J connectivity index is 1.93. The van der Waals surface area contributed by atoms with Crippen molar-refractivity contribution in [2.24, 2.45) is 0 Å². The number of rotatable bonds is 7. The summed E-state index contributed by atoms with van der Waals surface area (Å²) in [6.45, 7) is 6.51. The molecule has 0 fully saturated rings. The fourth-order valence-corrected chi connectivity index (χ4v) is 2.73. The van der Waals surface area contributed by atoms with Gasteiger partial charge >= 0.3 is 6.09 Å². The van der Waals surface area contributed by atoms with E-state index in [1.165, 1.54) is 6.92 Å². The summed E-state index contributed by atoms with van der Waals surface area (Å²) in [7, 11) is 0. The second-order valence-corrected chi connectivity index (χ2v) is 7.91. The molecule has 0 saturated carbocycles. The van der Waals surface area contributed by atoms with Gasteiger partial charge in [-0.2, -0.15) is 0 Å². The molecule has 0 aromatic heterocycles. The summed E-state index contributed by atoms with van der Waals surface area (Å²) in [5.74, 6) is -0.822. The van der Waals surface area contributed by atoms with E-state index in [-0.39, 0.29) is 18.5 Å². The first-order valence-electron chi connectivity index (χ1n) is 9.82. The molecule has 30 heavy (non-hydrogen) atoms. The highest BCUT2D eigenvalue weighted by Crippen LogP contribution is 2.21. The van der Waals surface area contributed by atoms with Gasteiger partial charge in [0.25, 0.3) is 0 Å². The van der Waals surface area contributed by atoms with E-state index in [0.717, 1.165) is 11.1 Å². The van der Waals surface area contributed by atoms with E-state index in [9.17, 15) is 14.4 Å². The minimum Gasteiger partial charge on any atom is -0.444 e. The molecule has 160 valence electrons. The van der Waals surface area contributed by atoms with Crippen molar-refractivity contribution in [3.63, 3.8) is 0 Å². The van der Waals surface area contributed by atoms with Crippen LogP contribution in [-0.2, 0) is 14.3 Å². The second-order valence-electron chi connectivity index (χ2n) is 7.91. The van der Waals surface area contributed by atoms with Crippen LogP contribution in [-0.4, -0.2) is 36.1 Å². The lowest BCUT2D eigenvalue weighted by atomic mass is 9.99. The first-order chi connectivity index (χ1) is 14.2. The fraction of sp³-hybridized carbons (Fsp3) is 0.348. The first-order valence-corrected chi connectivity index (χ1v) is 9.82. The number of ether oxygens (including phenoxy) is 1. The summed E-state index contributed by atoms with van der Waals surface area (Å²) in [6, 6.07) is 18.0. The molecule has 2 aromatic carbocycles.